The lowest BCUT2D eigenvalue weighted by molar-refractivity contribution is -0.682. The number of carbonyl (C=O) groups excluding carboxylic acids is 1. The Kier molecular flexibility index (Phi) is 6.77. The van der Waals surface area contributed by atoms with E-state index in [2.05, 4.69) is 5.32 Å². The van der Waals surface area contributed by atoms with E-state index in [0.717, 1.165) is 9.87 Å². The van der Waals surface area contributed by atoms with Gasteiger partial charge in [0.2, 0.25) is 10.0 Å². The highest BCUT2D eigenvalue weighted by Gasteiger charge is 2.18. The minimum absolute atomic E-state index is 0.0231. The maximum absolute atomic E-state index is 12.2. The monoisotopic (exact) mass is 396 g/mol. The number of benzene rings is 2. The molecule has 26 heavy (non-hydrogen) atoms. The topological polar surface area (TPSA) is 83.1 Å². The highest BCUT2D eigenvalue weighted by atomic mass is 35.5. The highest BCUT2D eigenvalue weighted by molar-refractivity contribution is 7.89. The minimum atomic E-state index is -3.54. The Morgan fingerprint density at radius 1 is 1.19 bits per heavy atom. The first-order valence-electron chi connectivity index (χ1n) is 8.12. The number of hydrogen-bond acceptors (Lipinski definition) is 3. The quantitative estimate of drug-likeness (QED) is 0.749. The Labute approximate surface area is 159 Å². The van der Waals surface area contributed by atoms with Crippen molar-refractivity contribution in [3.05, 3.63) is 59.1 Å². The molecule has 0 saturated heterocycles. The Morgan fingerprint density at radius 2 is 1.88 bits per heavy atom. The maximum atomic E-state index is 12.2. The van der Waals surface area contributed by atoms with Crippen molar-refractivity contribution in [1.29, 1.82) is 0 Å². The molecule has 2 aromatic carbocycles. The van der Waals surface area contributed by atoms with Crippen molar-refractivity contribution in [3.63, 3.8) is 0 Å². The van der Waals surface area contributed by atoms with E-state index in [-0.39, 0.29) is 23.4 Å². The number of nitrogens with two attached hydrogens (primary N) is 1. The lowest BCUT2D eigenvalue weighted by Gasteiger charge is -2.14. The molecule has 0 radical (unpaired) electrons. The molecule has 0 heterocycles. The number of rotatable bonds is 7. The number of amides is 1. The Morgan fingerprint density at radius 3 is 2.54 bits per heavy atom. The first kappa shape index (κ1) is 20.4. The molecular formula is C18H23ClN3O3S+. The third kappa shape index (κ3) is 5.04. The van der Waals surface area contributed by atoms with Crippen molar-refractivity contribution < 1.29 is 18.5 Å². The van der Waals surface area contributed by atoms with Crippen LogP contribution in [0.3, 0.4) is 0 Å². The third-order valence-electron chi connectivity index (χ3n) is 3.95. The zero-order valence-electron chi connectivity index (χ0n) is 14.9. The van der Waals surface area contributed by atoms with Gasteiger partial charge in [0, 0.05) is 30.4 Å². The highest BCUT2D eigenvalue weighted by Crippen LogP contribution is 2.20. The van der Waals surface area contributed by atoms with Crippen molar-refractivity contribution in [3.8, 4) is 0 Å². The summed E-state index contributed by atoms with van der Waals surface area (Å²) in [5.41, 5.74) is 1.40. The average Bonchev–Trinajstić information content (AvgIpc) is 2.60. The SMILES string of the molecule is C[C@@H]([NH2+]CC(=O)Nc1cccc(S(=O)(=O)N(C)C)c1)c1ccccc1Cl. The lowest BCUT2D eigenvalue weighted by Crippen LogP contribution is -2.86. The van der Waals surface area contributed by atoms with Crippen LogP contribution in [0.5, 0.6) is 0 Å². The summed E-state index contributed by atoms with van der Waals surface area (Å²) < 4.78 is 25.5. The molecule has 0 aliphatic carbocycles. The van der Waals surface area contributed by atoms with E-state index in [1.165, 1.54) is 26.2 Å². The van der Waals surface area contributed by atoms with E-state index in [1.54, 1.807) is 12.1 Å². The molecule has 2 aromatic rings. The second kappa shape index (κ2) is 8.64. The number of halogens is 1. The second-order valence-corrected chi connectivity index (χ2v) is 8.67. The first-order chi connectivity index (χ1) is 12.2. The van der Waals surface area contributed by atoms with E-state index in [0.29, 0.717) is 10.7 Å². The summed E-state index contributed by atoms with van der Waals surface area (Å²) in [5.74, 6) is -0.219. The fraction of sp³-hybridized carbons (Fsp3) is 0.278. The number of nitrogens with one attached hydrogen (secondary N) is 1. The van der Waals surface area contributed by atoms with Gasteiger partial charge in [-0.15, -0.1) is 0 Å². The van der Waals surface area contributed by atoms with Gasteiger partial charge in [-0.05, 0) is 31.2 Å². The predicted molar refractivity (Wildman–Crippen MR) is 103 cm³/mol. The molecular weight excluding hydrogens is 374 g/mol. The summed E-state index contributed by atoms with van der Waals surface area (Å²) in [5, 5.41) is 5.27. The van der Waals surface area contributed by atoms with E-state index in [1.807, 2.05) is 36.5 Å². The Bertz CT molecular complexity index is 885. The van der Waals surface area contributed by atoms with Gasteiger partial charge in [-0.3, -0.25) is 4.79 Å². The summed E-state index contributed by atoms with van der Waals surface area (Å²) in [7, 11) is -0.614. The van der Waals surface area contributed by atoms with E-state index in [4.69, 9.17) is 11.6 Å². The van der Waals surface area contributed by atoms with Gasteiger partial charge < -0.3 is 10.6 Å². The van der Waals surface area contributed by atoms with Crippen LogP contribution in [-0.2, 0) is 14.8 Å². The fourth-order valence-electron chi connectivity index (χ4n) is 2.41. The number of carbonyl (C=O) groups is 1. The van der Waals surface area contributed by atoms with Crippen molar-refractivity contribution in [2.75, 3.05) is 26.0 Å². The van der Waals surface area contributed by atoms with Gasteiger partial charge in [-0.1, -0.05) is 35.9 Å². The third-order valence-corrected chi connectivity index (χ3v) is 6.10. The summed E-state index contributed by atoms with van der Waals surface area (Å²) in [4.78, 5) is 12.3. The van der Waals surface area contributed by atoms with Crippen LogP contribution < -0.4 is 10.6 Å². The Balaban J connectivity index is 1.99. The van der Waals surface area contributed by atoms with Gasteiger partial charge in [0.1, 0.15) is 6.04 Å². The van der Waals surface area contributed by atoms with Gasteiger partial charge in [0.15, 0.2) is 6.54 Å². The molecule has 6 nitrogen and oxygen atoms in total. The van der Waals surface area contributed by atoms with Crippen LogP contribution in [0, 0.1) is 0 Å². The van der Waals surface area contributed by atoms with Gasteiger partial charge in [-0.25, -0.2) is 12.7 Å². The van der Waals surface area contributed by atoms with Crippen LogP contribution in [0.15, 0.2) is 53.4 Å². The van der Waals surface area contributed by atoms with Crippen LogP contribution in [0.2, 0.25) is 5.02 Å². The molecule has 3 N–H and O–H groups in total. The number of anilines is 1. The number of quaternary nitrogens is 1. The maximum Gasteiger partial charge on any atom is 0.279 e. The molecule has 0 bridgehead atoms. The number of sulfonamides is 1. The van der Waals surface area contributed by atoms with Crippen LogP contribution in [0.4, 0.5) is 5.69 Å². The van der Waals surface area contributed by atoms with Crippen molar-refractivity contribution in [2.45, 2.75) is 17.9 Å². The standard InChI is InChI=1S/C18H22ClN3O3S/c1-13(16-9-4-5-10-17(16)19)20-12-18(23)21-14-7-6-8-15(11-14)26(24,25)22(2)3/h4-11,13,20H,12H2,1-3H3,(H,21,23)/p+1/t13-/m1/s1. The molecule has 2 rings (SSSR count). The van der Waals surface area contributed by atoms with Gasteiger partial charge in [0.25, 0.3) is 5.91 Å². The van der Waals surface area contributed by atoms with Gasteiger partial charge in [0.05, 0.1) is 4.90 Å². The number of nitrogens with zero attached hydrogens (tertiary/aromatic N) is 1. The second-order valence-electron chi connectivity index (χ2n) is 6.11. The molecule has 0 fully saturated rings. The molecule has 1 atom stereocenters. The Hall–Kier alpha value is -1.93. The van der Waals surface area contributed by atoms with Gasteiger partial charge >= 0.3 is 0 Å². The molecule has 8 heteroatoms. The molecule has 140 valence electrons. The van der Waals surface area contributed by atoms with Crippen molar-refractivity contribution in [1.82, 2.24) is 4.31 Å². The smallest absolute Gasteiger partial charge is 0.279 e. The first-order valence-corrected chi connectivity index (χ1v) is 9.94. The fourth-order valence-corrected chi connectivity index (χ4v) is 3.67. The lowest BCUT2D eigenvalue weighted by atomic mass is 10.1. The zero-order chi connectivity index (χ0) is 19.3. The van der Waals surface area contributed by atoms with E-state index < -0.39 is 10.0 Å². The number of hydrogen-bond donors (Lipinski definition) is 2. The molecule has 0 aliphatic heterocycles. The molecule has 0 spiro atoms. The van der Waals surface area contributed by atoms with Crippen LogP contribution in [0.1, 0.15) is 18.5 Å². The molecule has 0 aliphatic rings. The molecule has 0 aromatic heterocycles. The summed E-state index contributed by atoms with van der Waals surface area (Å²) in [6, 6.07) is 13.7. The van der Waals surface area contributed by atoms with Crippen molar-refractivity contribution >= 4 is 33.2 Å². The molecule has 0 unspecified atom stereocenters. The van der Waals surface area contributed by atoms with Crippen LogP contribution in [0.25, 0.3) is 0 Å². The van der Waals surface area contributed by atoms with Gasteiger partial charge in [-0.2, -0.15) is 0 Å². The zero-order valence-corrected chi connectivity index (χ0v) is 16.5. The summed E-state index contributed by atoms with van der Waals surface area (Å²) in [6.45, 7) is 2.16. The van der Waals surface area contributed by atoms with E-state index >= 15 is 0 Å². The van der Waals surface area contributed by atoms with E-state index in [9.17, 15) is 13.2 Å². The van der Waals surface area contributed by atoms with Crippen LogP contribution >= 0.6 is 11.6 Å². The summed E-state index contributed by atoms with van der Waals surface area (Å²) >= 11 is 6.17. The average molecular weight is 397 g/mol. The molecule has 1 amide bonds. The minimum Gasteiger partial charge on any atom is -0.332 e. The summed E-state index contributed by atoms with van der Waals surface area (Å²) in [6.07, 6.45) is 0. The van der Waals surface area contributed by atoms with Crippen LogP contribution in [-0.4, -0.2) is 39.3 Å². The molecule has 0 saturated carbocycles. The largest absolute Gasteiger partial charge is 0.332 e. The van der Waals surface area contributed by atoms with Crippen molar-refractivity contribution in [2.24, 2.45) is 0 Å². The predicted octanol–water partition coefficient (Wildman–Crippen LogP) is 1.85. The normalized spacial score (nSPS) is 12.8.